The van der Waals surface area contributed by atoms with E-state index in [2.05, 4.69) is 0 Å². The molecule has 0 unspecified atom stereocenters. The van der Waals surface area contributed by atoms with Gasteiger partial charge in [-0.2, -0.15) is 0 Å². The summed E-state index contributed by atoms with van der Waals surface area (Å²) < 4.78 is 5.07. The lowest BCUT2D eigenvalue weighted by atomic mass is 10.00. The molecule has 7 nitrogen and oxygen atoms in total. The number of ether oxygens (including phenoxy) is 1. The van der Waals surface area contributed by atoms with E-state index in [-0.39, 0.29) is 11.5 Å². The van der Waals surface area contributed by atoms with Crippen LogP contribution in [0, 0.1) is 0 Å². The van der Waals surface area contributed by atoms with E-state index < -0.39 is 30.8 Å². The maximum absolute atomic E-state index is 12.4. The molecule has 2 aliphatic heterocycles. The number of ketones is 1. The molecule has 0 saturated carbocycles. The normalized spacial score (nSPS) is 15.3. The Hall–Kier alpha value is -3.48. The first-order valence-corrected chi connectivity index (χ1v) is 9.00. The van der Waals surface area contributed by atoms with Crippen molar-refractivity contribution in [1.29, 1.82) is 0 Å². The Morgan fingerprint density at radius 1 is 0.964 bits per heavy atom. The number of hydrogen-bond donors (Lipinski definition) is 0. The van der Waals surface area contributed by atoms with E-state index in [0.29, 0.717) is 18.8 Å². The summed E-state index contributed by atoms with van der Waals surface area (Å²) in [5.41, 5.74) is 2.96. The van der Waals surface area contributed by atoms with Crippen LogP contribution in [0.25, 0.3) is 0 Å². The Labute approximate surface area is 161 Å². The average molecular weight is 378 g/mol. The Morgan fingerprint density at radius 2 is 1.68 bits per heavy atom. The molecular weight excluding hydrogens is 360 g/mol. The second-order valence-electron chi connectivity index (χ2n) is 6.73. The van der Waals surface area contributed by atoms with Gasteiger partial charge in [0.25, 0.3) is 17.6 Å². The average Bonchev–Trinajstić information content (AvgIpc) is 2.96. The highest BCUT2D eigenvalue weighted by atomic mass is 16.5. The van der Waals surface area contributed by atoms with Gasteiger partial charge in [-0.1, -0.05) is 36.4 Å². The molecule has 7 heteroatoms. The second kappa shape index (κ2) is 7.26. The first kappa shape index (κ1) is 17.9. The highest BCUT2D eigenvalue weighted by Crippen LogP contribution is 2.28. The monoisotopic (exact) mass is 378 g/mol. The summed E-state index contributed by atoms with van der Waals surface area (Å²) in [6.07, 6.45) is 0.761. The van der Waals surface area contributed by atoms with Gasteiger partial charge < -0.3 is 9.64 Å². The van der Waals surface area contributed by atoms with Crippen molar-refractivity contribution in [3.05, 3.63) is 65.2 Å². The van der Waals surface area contributed by atoms with Crippen LogP contribution in [0.15, 0.2) is 48.5 Å². The number of carbonyl (C=O) groups excluding carboxylic acids is 4. The van der Waals surface area contributed by atoms with Crippen molar-refractivity contribution in [3.63, 3.8) is 0 Å². The number of hydrogen-bond acceptors (Lipinski definition) is 5. The zero-order chi connectivity index (χ0) is 19.7. The number of nitrogens with zero attached hydrogens (tertiary/aromatic N) is 2. The molecular formula is C21H18N2O5. The van der Waals surface area contributed by atoms with E-state index in [4.69, 9.17) is 4.74 Å². The van der Waals surface area contributed by atoms with Gasteiger partial charge in [-0.25, -0.2) is 0 Å². The maximum atomic E-state index is 12.4. The Bertz CT molecular complexity index is 984. The summed E-state index contributed by atoms with van der Waals surface area (Å²) in [7, 11) is 0. The van der Waals surface area contributed by atoms with E-state index in [1.54, 1.807) is 29.2 Å². The van der Waals surface area contributed by atoms with Crippen LogP contribution in [0.2, 0.25) is 0 Å². The number of benzene rings is 2. The van der Waals surface area contributed by atoms with Gasteiger partial charge in [-0.05, 0) is 29.7 Å². The van der Waals surface area contributed by atoms with Gasteiger partial charge in [0.1, 0.15) is 6.54 Å². The Morgan fingerprint density at radius 3 is 2.50 bits per heavy atom. The van der Waals surface area contributed by atoms with Crippen LogP contribution in [-0.2, 0) is 32.1 Å². The van der Waals surface area contributed by atoms with Crippen LogP contribution in [0.1, 0.15) is 21.5 Å². The lowest BCUT2D eigenvalue weighted by Gasteiger charge is -2.28. The predicted molar refractivity (Wildman–Crippen MR) is 99.6 cm³/mol. The molecule has 2 amide bonds. The summed E-state index contributed by atoms with van der Waals surface area (Å²) in [6.45, 7) is 0.259. The second-order valence-corrected chi connectivity index (χ2v) is 6.73. The molecule has 0 aliphatic carbocycles. The Kier molecular flexibility index (Phi) is 4.65. The molecule has 0 spiro atoms. The van der Waals surface area contributed by atoms with Gasteiger partial charge in [0.15, 0.2) is 6.61 Å². The zero-order valence-electron chi connectivity index (χ0n) is 15.1. The van der Waals surface area contributed by atoms with E-state index in [1.807, 2.05) is 24.3 Å². The number of para-hydroxylation sites is 1. The van der Waals surface area contributed by atoms with Crippen molar-refractivity contribution in [1.82, 2.24) is 4.90 Å². The molecule has 2 aromatic rings. The highest BCUT2D eigenvalue weighted by Gasteiger charge is 2.36. The van der Waals surface area contributed by atoms with E-state index in [0.717, 1.165) is 16.9 Å². The molecule has 142 valence electrons. The number of amides is 2. The maximum Gasteiger partial charge on any atom is 0.326 e. The molecule has 2 aliphatic rings. The van der Waals surface area contributed by atoms with E-state index in [1.165, 1.54) is 5.56 Å². The van der Waals surface area contributed by atoms with Crippen molar-refractivity contribution in [2.24, 2.45) is 0 Å². The largest absolute Gasteiger partial charge is 0.454 e. The summed E-state index contributed by atoms with van der Waals surface area (Å²) in [5.74, 6) is -2.43. The van der Waals surface area contributed by atoms with Crippen molar-refractivity contribution in [2.75, 3.05) is 24.6 Å². The highest BCUT2D eigenvalue weighted by molar-refractivity contribution is 6.52. The number of rotatable bonds is 4. The molecule has 0 aromatic heterocycles. The number of esters is 1. The van der Waals surface area contributed by atoms with Crippen LogP contribution in [-0.4, -0.2) is 48.2 Å². The third-order valence-electron chi connectivity index (χ3n) is 5.01. The van der Waals surface area contributed by atoms with Crippen molar-refractivity contribution in [2.45, 2.75) is 13.0 Å². The van der Waals surface area contributed by atoms with Crippen LogP contribution >= 0.6 is 0 Å². The summed E-state index contributed by atoms with van der Waals surface area (Å²) >= 11 is 0. The molecule has 4 rings (SSSR count). The quantitative estimate of drug-likeness (QED) is 0.592. The minimum absolute atomic E-state index is 0.267. The molecule has 28 heavy (non-hydrogen) atoms. The minimum atomic E-state index is -0.767. The van der Waals surface area contributed by atoms with Crippen molar-refractivity contribution in [3.8, 4) is 0 Å². The van der Waals surface area contributed by atoms with Gasteiger partial charge >= 0.3 is 5.97 Å². The third-order valence-corrected chi connectivity index (χ3v) is 5.01. The van der Waals surface area contributed by atoms with Crippen LogP contribution in [0.3, 0.4) is 0 Å². The standard InChI is InChI=1S/C21H18N2O5/c24-18(22-10-9-14-5-1-2-6-15(14)11-22)13-28-19(25)12-23-17-8-4-3-7-16(17)20(26)21(23)27/h1-8H,9-13H2. The number of carbonyl (C=O) groups is 4. The number of Topliss-reactive ketones (excluding diaryl/α,β-unsaturated/α-hetero) is 1. The minimum Gasteiger partial charge on any atom is -0.454 e. The summed E-state index contributed by atoms with van der Waals surface area (Å²) in [6, 6.07) is 14.4. The lowest BCUT2D eigenvalue weighted by Crippen LogP contribution is -2.40. The van der Waals surface area contributed by atoms with Crippen LogP contribution in [0.5, 0.6) is 0 Å². The topological polar surface area (TPSA) is 84.0 Å². The molecule has 0 bridgehead atoms. The van der Waals surface area contributed by atoms with Gasteiger partial charge in [0.05, 0.1) is 11.3 Å². The van der Waals surface area contributed by atoms with Gasteiger partial charge in [-0.15, -0.1) is 0 Å². The predicted octanol–water partition coefficient (Wildman–Crippen LogP) is 1.34. The molecule has 0 fully saturated rings. The smallest absolute Gasteiger partial charge is 0.326 e. The van der Waals surface area contributed by atoms with Crippen LogP contribution < -0.4 is 4.90 Å². The zero-order valence-corrected chi connectivity index (χ0v) is 15.1. The molecule has 0 radical (unpaired) electrons. The molecule has 0 atom stereocenters. The van der Waals surface area contributed by atoms with E-state index in [9.17, 15) is 19.2 Å². The van der Waals surface area contributed by atoms with Gasteiger partial charge in [0, 0.05) is 13.1 Å². The SMILES string of the molecule is O=C(CN1C(=O)C(=O)c2ccccc21)OCC(=O)N1CCc2ccccc2C1. The summed E-state index contributed by atoms with van der Waals surface area (Å²) in [5, 5.41) is 0. The van der Waals surface area contributed by atoms with Crippen LogP contribution in [0.4, 0.5) is 5.69 Å². The third kappa shape index (κ3) is 3.26. The first-order chi connectivity index (χ1) is 13.5. The molecule has 0 N–H and O–H groups in total. The number of fused-ring (bicyclic) bond motifs is 2. The van der Waals surface area contributed by atoms with Gasteiger partial charge in [0.2, 0.25) is 0 Å². The fourth-order valence-electron chi connectivity index (χ4n) is 3.52. The Balaban J connectivity index is 1.33. The number of anilines is 1. The molecule has 2 heterocycles. The molecule has 2 aromatic carbocycles. The fraction of sp³-hybridized carbons (Fsp3) is 0.238. The van der Waals surface area contributed by atoms with Gasteiger partial charge in [-0.3, -0.25) is 24.1 Å². The molecule has 0 saturated heterocycles. The summed E-state index contributed by atoms with van der Waals surface area (Å²) in [4.78, 5) is 51.3. The fourth-order valence-corrected chi connectivity index (χ4v) is 3.52. The van der Waals surface area contributed by atoms with E-state index >= 15 is 0 Å². The first-order valence-electron chi connectivity index (χ1n) is 9.00. The van der Waals surface area contributed by atoms with Crippen molar-refractivity contribution >= 4 is 29.3 Å². The lowest BCUT2D eigenvalue weighted by molar-refractivity contribution is -0.151. The van der Waals surface area contributed by atoms with Crippen molar-refractivity contribution < 1.29 is 23.9 Å².